The van der Waals surface area contributed by atoms with Crippen LogP contribution in [-0.2, 0) is 16.1 Å². The zero-order valence-corrected chi connectivity index (χ0v) is 19.4. The summed E-state index contributed by atoms with van der Waals surface area (Å²) < 4.78 is 6.05. The minimum atomic E-state index is 0.0656. The molecule has 3 aliphatic rings. The summed E-state index contributed by atoms with van der Waals surface area (Å²) in [4.78, 5) is 14.0. The third-order valence-electron chi connectivity index (χ3n) is 7.27. The van der Waals surface area contributed by atoms with Crippen LogP contribution in [0.5, 0.6) is 0 Å². The molecule has 0 spiro atoms. The van der Waals surface area contributed by atoms with Crippen molar-refractivity contribution in [2.24, 2.45) is 11.3 Å². The molecule has 32 heavy (non-hydrogen) atoms. The van der Waals surface area contributed by atoms with Gasteiger partial charge in [-0.3, -0.25) is 4.79 Å². The number of nitrogens with one attached hydrogen (secondary N) is 1. The van der Waals surface area contributed by atoms with Gasteiger partial charge in [-0.1, -0.05) is 44.4 Å². The van der Waals surface area contributed by atoms with E-state index < -0.39 is 0 Å². The van der Waals surface area contributed by atoms with Crippen molar-refractivity contribution in [3.63, 3.8) is 0 Å². The van der Waals surface area contributed by atoms with Crippen LogP contribution in [-0.4, -0.2) is 37.5 Å². The molecule has 2 aliphatic carbocycles. The van der Waals surface area contributed by atoms with Crippen molar-refractivity contribution in [1.82, 2.24) is 10.2 Å². The van der Waals surface area contributed by atoms with Gasteiger partial charge in [-0.25, -0.2) is 0 Å². The van der Waals surface area contributed by atoms with Crippen molar-refractivity contribution in [3.8, 4) is 6.07 Å². The molecular weight excluding hydrogens is 398 g/mol. The van der Waals surface area contributed by atoms with Gasteiger partial charge in [0.25, 0.3) is 0 Å². The molecule has 1 aromatic rings. The number of nitrogens with zero attached hydrogens (tertiary/aromatic N) is 2. The van der Waals surface area contributed by atoms with Crippen LogP contribution in [0, 0.1) is 22.7 Å². The molecule has 0 bridgehead atoms. The lowest BCUT2D eigenvalue weighted by atomic mass is 9.81. The fraction of sp³-hybridized carbons (Fsp3) is 0.556. The molecule has 4 rings (SSSR count). The van der Waals surface area contributed by atoms with E-state index >= 15 is 0 Å². The van der Waals surface area contributed by atoms with E-state index in [2.05, 4.69) is 53.6 Å². The highest BCUT2D eigenvalue weighted by Crippen LogP contribution is 2.35. The standard InChI is InChI=1S/C27H35N3O2/c1-27(19-30-16-23(17-30)26(31)29-2)12-10-24(11-13-27)32-18-20-8-9-25(22(14-20)15-28)21-6-4-3-5-7-21/h8-12,14,21,23H,3-7,13,16-19H2,1-2H3,(H,29,31). The average molecular weight is 434 g/mol. The maximum Gasteiger partial charge on any atom is 0.225 e. The van der Waals surface area contributed by atoms with Crippen LogP contribution in [0.1, 0.15) is 68.1 Å². The third-order valence-corrected chi connectivity index (χ3v) is 7.27. The molecule has 5 heteroatoms. The predicted octanol–water partition coefficient (Wildman–Crippen LogP) is 4.65. The molecular formula is C27H35N3O2. The Morgan fingerprint density at radius 3 is 2.72 bits per heavy atom. The smallest absolute Gasteiger partial charge is 0.225 e. The molecule has 1 unspecified atom stereocenters. The first-order valence-electron chi connectivity index (χ1n) is 12.0. The fourth-order valence-corrected chi connectivity index (χ4v) is 5.28. The zero-order valence-electron chi connectivity index (χ0n) is 19.4. The number of hydrogen-bond donors (Lipinski definition) is 1. The van der Waals surface area contributed by atoms with Gasteiger partial charge in [-0.15, -0.1) is 0 Å². The molecule has 1 N–H and O–H groups in total. The fourth-order valence-electron chi connectivity index (χ4n) is 5.28. The van der Waals surface area contributed by atoms with E-state index in [1.165, 1.54) is 37.7 Å². The summed E-state index contributed by atoms with van der Waals surface area (Å²) in [6, 6.07) is 8.69. The number of likely N-dealkylation sites (tertiary alicyclic amines) is 1. The maximum absolute atomic E-state index is 11.7. The van der Waals surface area contributed by atoms with E-state index in [9.17, 15) is 10.1 Å². The highest BCUT2D eigenvalue weighted by molar-refractivity contribution is 5.79. The first-order chi connectivity index (χ1) is 15.5. The normalized spacial score (nSPS) is 24.3. The summed E-state index contributed by atoms with van der Waals surface area (Å²) in [6.07, 6.45) is 13.7. The second-order valence-corrected chi connectivity index (χ2v) is 9.96. The summed E-state index contributed by atoms with van der Waals surface area (Å²) in [7, 11) is 1.70. The van der Waals surface area contributed by atoms with Crippen LogP contribution in [0.2, 0.25) is 0 Å². The SMILES string of the molecule is CNC(=O)C1CN(CC2(C)C=CC(OCc3ccc(C4CCCCC4)c(C#N)c3)=CC2)C1. The van der Waals surface area contributed by atoms with Crippen LogP contribution in [0.3, 0.4) is 0 Å². The molecule has 170 valence electrons. The van der Waals surface area contributed by atoms with Crippen molar-refractivity contribution in [3.05, 3.63) is 58.9 Å². The largest absolute Gasteiger partial charge is 0.489 e. The summed E-state index contributed by atoms with van der Waals surface area (Å²) in [5.74, 6) is 1.71. The second-order valence-electron chi connectivity index (χ2n) is 9.96. The Bertz CT molecular complexity index is 933. The van der Waals surface area contributed by atoms with Gasteiger partial charge in [0, 0.05) is 32.1 Å². The molecule has 0 aromatic heterocycles. The number of hydrogen-bond acceptors (Lipinski definition) is 4. The summed E-state index contributed by atoms with van der Waals surface area (Å²) in [6.45, 7) is 5.37. The predicted molar refractivity (Wildman–Crippen MR) is 126 cm³/mol. The number of amides is 1. The van der Waals surface area contributed by atoms with Crippen LogP contribution in [0.15, 0.2) is 42.2 Å². The number of nitriles is 1. The monoisotopic (exact) mass is 433 g/mol. The maximum atomic E-state index is 11.7. The molecule has 0 radical (unpaired) electrons. The van der Waals surface area contributed by atoms with E-state index in [1.54, 1.807) is 7.05 Å². The van der Waals surface area contributed by atoms with Crippen LogP contribution < -0.4 is 5.32 Å². The van der Waals surface area contributed by atoms with Gasteiger partial charge in [-0.05, 0) is 54.5 Å². The van der Waals surface area contributed by atoms with Crippen molar-refractivity contribution in [2.45, 2.75) is 58.0 Å². The number of carbonyl (C=O) groups is 1. The first-order valence-corrected chi connectivity index (χ1v) is 12.0. The van der Waals surface area contributed by atoms with Crippen molar-refractivity contribution < 1.29 is 9.53 Å². The zero-order chi connectivity index (χ0) is 22.6. The van der Waals surface area contributed by atoms with Gasteiger partial charge < -0.3 is 15.0 Å². The average Bonchev–Trinajstić information content (AvgIpc) is 2.81. The van der Waals surface area contributed by atoms with Gasteiger partial charge in [0.15, 0.2) is 0 Å². The van der Waals surface area contributed by atoms with Gasteiger partial charge in [0.1, 0.15) is 12.4 Å². The Labute approximate surface area is 192 Å². The van der Waals surface area contributed by atoms with E-state index in [0.29, 0.717) is 12.5 Å². The minimum Gasteiger partial charge on any atom is -0.489 e. The second kappa shape index (κ2) is 9.92. The summed E-state index contributed by atoms with van der Waals surface area (Å²) in [5.41, 5.74) is 3.14. The number of benzene rings is 1. The molecule has 1 atom stereocenters. The molecule has 1 amide bonds. The number of carbonyl (C=O) groups excluding carboxylic acids is 1. The van der Waals surface area contributed by atoms with Gasteiger partial charge >= 0.3 is 0 Å². The van der Waals surface area contributed by atoms with Crippen LogP contribution >= 0.6 is 0 Å². The molecule has 5 nitrogen and oxygen atoms in total. The highest BCUT2D eigenvalue weighted by Gasteiger charge is 2.36. The topological polar surface area (TPSA) is 65.4 Å². The van der Waals surface area contributed by atoms with E-state index in [0.717, 1.165) is 42.9 Å². The minimum absolute atomic E-state index is 0.0656. The van der Waals surface area contributed by atoms with E-state index in [1.807, 2.05) is 6.07 Å². The lowest BCUT2D eigenvalue weighted by Crippen LogP contribution is -2.55. The Hall–Kier alpha value is -2.58. The van der Waals surface area contributed by atoms with Crippen molar-refractivity contribution in [2.75, 3.05) is 26.7 Å². The molecule has 1 saturated heterocycles. The first kappa shape index (κ1) is 22.6. The number of allylic oxidation sites excluding steroid dienone is 2. The quantitative estimate of drug-likeness (QED) is 0.680. The lowest BCUT2D eigenvalue weighted by Gasteiger charge is -2.43. The number of ether oxygens (including phenoxy) is 1. The Morgan fingerprint density at radius 2 is 2.06 bits per heavy atom. The van der Waals surface area contributed by atoms with Crippen molar-refractivity contribution >= 4 is 5.91 Å². The highest BCUT2D eigenvalue weighted by atomic mass is 16.5. The van der Waals surface area contributed by atoms with Crippen LogP contribution in [0.25, 0.3) is 0 Å². The Kier molecular flexibility index (Phi) is 7.01. The van der Waals surface area contributed by atoms with Gasteiger partial charge in [0.05, 0.1) is 17.6 Å². The number of rotatable bonds is 7. The summed E-state index contributed by atoms with van der Waals surface area (Å²) >= 11 is 0. The molecule has 1 aliphatic heterocycles. The molecule has 2 fully saturated rings. The van der Waals surface area contributed by atoms with Crippen molar-refractivity contribution in [1.29, 1.82) is 5.26 Å². The Balaban J connectivity index is 1.28. The molecule has 1 saturated carbocycles. The van der Waals surface area contributed by atoms with E-state index in [-0.39, 0.29) is 17.2 Å². The lowest BCUT2D eigenvalue weighted by molar-refractivity contribution is -0.130. The Morgan fingerprint density at radius 1 is 1.28 bits per heavy atom. The summed E-state index contributed by atoms with van der Waals surface area (Å²) in [5, 5.41) is 12.4. The molecule has 1 heterocycles. The van der Waals surface area contributed by atoms with Gasteiger partial charge in [-0.2, -0.15) is 5.26 Å². The van der Waals surface area contributed by atoms with E-state index in [4.69, 9.17) is 4.74 Å². The van der Waals surface area contributed by atoms with Crippen LogP contribution in [0.4, 0.5) is 0 Å². The molecule has 1 aromatic carbocycles. The third kappa shape index (κ3) is 5.24. The van der Waals surface area contributed by atoms with Gasteiger partial charge in [0.2, 0.25) is 5.91 Å².